The number of sulfonamides is 1. The molecule has 0 aliphatic carbocycles. The van der Waals surface area contributed by atoms with Crippen LogP contribution in [-0.2, 0) is 20.4 Å². The topological polar surface area (TPSA) is 134 Å². The summed E-state index contributed by atoms with van der Waals surface area (Å²) in [6, 6.07) is 15.0. The molecule has 2 fully saturated rings. The monoisotopic (exact) mass is 645 g/mol. The van der Waals surface area contributed by atoms with Crippen LogP contribution >= 0.6 is 0 Å². The van der Waals surface area contributed by atoms with E-state index in [0.29, 0.717) is 65.5 Å². The molecule has 11 nitrogen and oxygen atoms in total. The van der Waals surface area contributed by atoms with Crippen molar-refractivity contribution < 1.29 is 27.4 Å². The van der Waals surface area contributed by atoms with Crippen molar-refractivity contribution in [2.24, 2.45) is 11.8 Å². The second-order valence-corrected chi connectivity index (χ2v) is 13.6. The van der Waals surface area contributed by atoms with Crippen LogP contribution in [0.15, 0.2) is 59.8 Å². The Morgan fingerprint density at radius 2 is 1.65 bits per heavy atom. The van der Waals surface area contributed by atoms with Gasteiger partial charge in [0, 0.05) is 24.2 Å². The minimum Gasteiger partial charge on any atom is -0.497 e. The lowest BCUT2D eigenvalue weighted by atomic mass is 9.75. The molecule has 2 aromatic carbocycles. The van der Waals surface area contributed by atoms with Gasteiger partial charge < -0.3 is 19.5 Å². The summed E-state index contributed by atoms with van der Waals surface area (Å²) in [4.78, 5) is 21.6. The number of carbonyl (C=O) groups excluding carboxylic acids is 1. The molecule has 4 heterocycles. The lowest BCUT2D eigenvalue weighted by molar-refractivity contribution is -0.127. The first-order valence-electron chi connectivity index (χ1n) is 15.7. The Hall–Kier alpha value is -4.18. The molecule has 46 heavy (non-hydrogen) atoms. The highest BCUT2D eigenvalue weighted by Gasteiger charge is 2.61. The Bertz CT molecular complexity index is 1740. The Morgan fingerprint density at radius 1 is 0.957 bits per heavy atom. The first kappa shape index (κ1) is 31.8. The first-order chi connectivity index (χ1) is 22.3. The van der Waals surface area contributed by atoms with Crippen LogP contribution in [0.3, 0.4) is 0 Å². The third-order valence-electron chi connectivity index (χ3n) is 9.62. The smallest absolute Gasteiger partial charge is 0.288 e. The molecule has 0 saturated carbocycles. The molecule has 1 atom stereocenters. The number of amides is 1. The number of hydrogen-bond donors (Lipinski definition) is 1. The number of fused-ring (bicyclic) bond motifs is 1. The van der Waals surface area contributed by atoms with Crippen molar-refractivity contribution in [1.29, 1.82) is 5.26 Å². The Balaban J connectivity index is 1.56. The van der Waals surface area contributed by atoms with E-state index in [1.165, 1.54) is 37.6 Å². The molecule has 0 radical (unpaired) electrons. The average molecular weight is 646 g/mol. The molecular weight excluding hydrogens is 606 g/mol. The summed E-state index contributed by atoms with van der Waals surface area (Å²) in [5.41, 5.74) is -0.269. The minimum absolute atomic E-state index is 0.173. The zero-order valence-corrected chi connectivity index (χ0v) is 27.2. The summed E-state index contributed by atoms with van der Waals surface area (Å²) in [5.74, 6) is 1.74. The molecule has 3 aromatic rings. The summed E-state index contributed by atoms with van der Waals surface area (Å²) in [7, 11) is -1.50. The van der Waals surface area contributed by atoms with E-state index in [0.717, 1.165) is 43.1 Å². The van der Waals surface area contributed by atoms with Crippen molar-refractivity contribution in [3.8, 4) is 23.3 Å². The molecule has 3 aliphatic heterocycles. The molecule has 0 spiro atoms. The van der Waals surface area contributed by atoms with Crippen LogP contribution in [0, 0.1) is 23.2 Å². The summed E-state index contributed by atoms with van der Waals surface area (Å²) >= 11 is 0. The van der Waals surface area contributed by atoms with Gasteiger partial charge >= 0.3 is 0 Å². The van der Waals surface area contributed by atoms with Crippen LogP contribution in [0.4, 0.5) is 5.69 Å². The van der Waals surface area contributed by atoms with Gasteiger partial charge in [0.2, 0.25) is 0 Å². The highest BCUT2D eigenvalue weighted by molar-refractivity contribution is 7.93. The number of nitrogens with zero attached hydrogens (tertiary/aromatic N) is 4. The van der Waals surface area contributed by atoms with Gasteiger partial charge in [0.15, 0.2) is 10.6 Å². The molecule has 1 unspecified atom stereocenters. The van der Waals surface area contributed by atoms with E-state index >= 15 is 4.79 Å². The van der Waals surface area contributed by atoms with Crippen LogP contribution < -0.4 is 23.8 Å². The van der Waals surface area contributed by atoms with Gasteiger partial charge in [-0.3, -0.25) is 9.69 Å². The standard InChI is InChI=1S/C34H39N5O6S/c1-4-45-31-9-6-26(43-2)20-29(31)34(38-17-13-25(14-18-38)24-11-15-36-16-12-24)28-19-23(21-35)5-8-30(28)39(33(34)40)46(41,42)32-10-7-27(44-3)22-37-32/h5-10,19-20,22,24-25,36H,4,11-18H2,1-3H3. The van der Waals surface area contributed by atoms with Crippen molar-refractivity contribution in [3.05, 3.63) is 71.4 Å². The molecular formula is C34H39N5O6S. The van der Waals surface area contributed by atoms with E-state index in [2.05, 4.69) is 21.3 Å². The third-order valence-corrected chi connectivity index (χ3v) is 11.2. The van der Waals surface area contributed by atoms with Gasteiger partial charge in [0.25, 0.3) is 15.9 Å². The molecule has 1 N–H and O–H groups in total. The maximum absolute atomic E-state index is 15.3. The van der Waals surface area contributed by atoms with Gasteiger partial charge in [-0.15, -0.1) is 0 Å². The number of piperidine rings is 2. The van der Waals surface area contributed by atoms with Crippen molar-refractivity contribution in [2.45, 2.75) is 43.2 Å². The van der Waals surface area contributed by atoms with Crippen molar-refractivity contribution in [1.82, 2.24) is 15.2 Å². The first-order valence-corrected chi connectivity index (χ1v) is 17.1. The number of anilines is 1. The summed E-state index contributed by atoms with van der Waals surface area (Å²) < 4.78 is 46.6. The highest BCUT2D eigenvalue weighted by atomic mass is 32.2. The van der Waals surface area contributed by atoms with Crippen LogP contribution in [0.1, 0.15) is 49.3 Å². The number of rotatable bonds is 9. The lowest BCUT2D eigenvalue weighted by Gasteiger charge is -2.46. The Morgan fingerprint density at radius 3 is 2.28 bits per heavy atom. The van der Waals surface area contributed by atoms with Gasteiger partial charge in [-0.25, -0.2) is 4.98 Å². The fourth-order valence-electron chi connectivity index (χ4n) is 7.37. The second-order valence-electron chi connectivity index (χ2n) is 11.9. The van der Waals surface area contributed by atoms with E-state index in [-0.39, 0.29) is 10.7 Å². The zero-order chi connectivity index (χ0) is 32.5. The molecule has 6 rings (SSSR count). The zero-order valence-electron chi connectivity index (χ0n) is 26.4. The van der Waals surface area contributed by atoms with Crippen LogP contribution in [0.5, 0.6) is 17.2 Å². The molecule has 12 heteroatoms. The van der Waals surface area contributed by atoms with E-state index in [9.17, 15) is 13.7 Å². The van der Waals surface area contributed by atoms with Gasteiger partial charge in [-0.05, 0) is 106 Å². The predicted octanol–water partition coefficient (Wildman–Crippen LogP) is 4.06. The molecule has 1 aromatic heterocycles. The van der Waals surface area contributed by atoms with Crippen LogP contribution in [0.2, 0.25) is 0 Å². The fourth-order valence-corrected chi connectivity index (χ4v) is 8.76. The SMILES string of the molecule is CCOc1ccc(OC)cc1C1(N2CCC(C3CCNCC3)CC2)C(=O)N(S(=O)(=O)c2ccc(OC)cn2)c2ccc(C#N)cc21. The van der Waals surface area contributed by atoms with Gasteiger partial charge in [0.05, 0.1) is 44.3 Å². The maximum atomic E-state index is 15.3. The summed E-state index contributed by atoms with van der Waals surface area (Å²) in [5, 5.41) is 13.1. The van der Waals surface area contributed by atoms with Crippen molar-refractivity contribution >= 4 is 21.6 Å². The molecule has 2 saturated heterocycles. The van der Waals surface area contributed by atoms with Crippen molar-refractivity contribution in [2.75, 3.05) is 51.3 Å². The van der Waals surface area contributed by atoms with E-state index in [4.69, 9.17) is 14.2 Å². The largest absolute Gasteiger partial charge is 0.497 e. The van der Waals surface area contributed by atoms with Gasteiger partial charge in [0.1, 0.15) is 17.2 Å². The summed E-state index contributed by atoms with van der Waals surface area (Å²) in [6.07, 6.45) is 5.26. The number of hydrogen-bond acceptors (Lipinski definition) is 10. The Labute approximate surface area is 270 Å². The maximum Gasteiger partial charge on any atom is 0.288 e. The number of pyridine rings is 1. The number of aromatic nitrogens is 1. The lowest BCUT2D eigenvalue weighted by Crippen LogP contribution is -2.57. The number of methoxy groups -OCH3 is 2. The van der Waals surface area contributed by atoms with Crippen LogP contribution in [0.25, 0.3) is 0 Å². The molecule has 1 amide bonds. The third kappa shape index (κ3) is 5.26. The Kier molecular flexibility index (Phi) is 8.92. The van der Waals surface area contributed by atoms with Crippen LogP contribution in [-0.4, -0.2) is 71.2 Å². The quantitative estimate of drug-likeness (QED) is 0.363. The highest BCUT2D eigenvalue weighted by Crippen LogP contribution is 2.54. The van der Waals surface area contributed by atoms with E-state index in [1.54, 1.807) is 31.4 Å². The molecule has 0 bridgehead atoms. The molecule has 3 aliphatic rings. The minimum atomic E-state index is -4.50. The van der Waals surface area contributed by atoms with E-state index in [1.807, 2.05) is 6.92 Å². The van der Waals surface area contributed by atoms with Gasteiger partial charge in [-0.2, -0.15) is 18.0 Å². The number of carbonyl (C=O) groups is 1. The predicted molar refractivity (Wildman–Crippen MR) is 171 cm³/mol. The number of nitriles is 1. The van der Waals surface area contributed by atoms with Crippen molar-refractivity contribution in [3.63, 3.8) is 0 Å². The number of nitrogens with one attached hydrogen (secondary N) is 1. The number of likely N-dealkylation sites (tertiary alicyclic amines) is 1. The molecule has 242 valence electrons. The number of benzene rings is 2. The average Bonchev–Trinajstić information content (AvgIpc) is 3.37. The normalized spacial score (nSPS) is 21.1. The van der Waals surface area contributed by atoms with E-state index < -0.39 is 21.5 Å². The second kappa shape index (κ2) is 12.9. The fraction of sp³-hybridized carbons (Fsp3) is 0.441. The summed E-state index contributed by atoms with van der Waals surface area (Å²) in [6.45, 7) is 5.29. The van der Waals surface area contributed by atoms with Gasteiger partial charge in [-0.1, -0.05) is 0 Å². The number of ether oxygens (including phenoxy) is 3.